The molecule has 3 N–H and O–H groups in total. The van der Waals surface area contributed by atoms with Crippen molar-refractivity contribution >= 4 is 12.2 Å². The van der Waals surface area contributed by atoms with Gasteiger partial charge in [-0.1, -0.05) is 42.5 Å². The summed E-state index contributed by atoms with van der Waals surface area (Å²) < 4.78 is 39.0. The maximum absolute atomic E-state index is 13.0. The van der Waals surface area contributed by atoms with Crippen LogP contribution in [0.1, 0.15) is 11.1 Å². The zero-order valence-corrected chi connectivity index (χ0v) is 10.6. The summed E-state index contributed by atoms with van der Waals surface area (Å²) in [4.78, 5) is 2.79. The third-order valence-electron chi connectivity index (χ3n) is 2.73. The van der Waals surface area contributed by atoms with Crippen molar-refractivity contribution in [3.8, 4) is 11.3 Å². The molecule has 0 amide bonds. The Morgan fingerprint density at radius 2 is 1.79 bits per heavy atom. The Hall–Kier alpha value is -1.66. The molecule has 0 aliphatic carbocycles. The van der Waals surface area contributed by atoms with E-state index in [0.717, 1.165) is 6.07 Å². The molecular formula is C13H11F3N2S. The summed E-state index contributed by atoms with van der Waals surface area (Å²) in [5.41, 5.74) is 5.46. The van der Waals surface area contributed by atoms with Crippen molar-refractivity contribution in [2.45, 2.75) is 12.7 Å². The van der Waals surface area contributed by atoms with Gasteiger partial charge in [0.2, 0.25) is 0 Å². The highest BCUT2D eigenvalue weighted by Crippen LogP contribution is 2.34. The minimum absolute atomic E-state index is 0.0242. The number of alkyl halides is 3. The van der Waals surface area contributed by atoms with Gasteiger partial charge in [-0.2, -0.15) is 13.2 Å². The second-order valence-corrected chi connectivity index (χ2v) is 4.38. The summed E-state index contributed by atoms with van der Waals surface area (Å²) in [5, 5.41) is 0. The van der Waals surface area contributed by atoms with Gasteiger partial charge in [0, 0.05) is 17.8 Å². The van der Waals surface area contributed by atoms with E-state index in [9.17, 15) is 13.2 Å². The number of nitrogens with one attached hydrogen (secondary N) is 1. The van der Waals surface area contributed by atoms with E-state index >= 15 is 0 Å². The predicted molar refractivity (Wildman–Crippen MR) is 70.0 cm³/mol. The number of halogens is 3. The lowest BCUT2D eigenvalue weighted by atomic mass is 10.0. The molecule has 0 radical (unpaired) electrons. The summed E-state index contributed by atoms with van der Waals surface area (Å²) in [6.07, 6.45) is -4.47. The average Bonchev–Trinajstić information content (AvgIpc) is 2.37. The first-order valence-corrected chi connectivity index (χ1v) is 5.93. The van der Waals surface area contributed by atoms with Crippen LogP contribution in [0.15, 0.2) is 36.4 Å². The van der Waals surface area contributed by atoms with Crippen molar-refractivity contribution < 1.29 is 13.2 Å². The molecule has 0 aliphatic rings. The molecule has 1 aromatic carbocycles. The smallest absolute Gasteiger partial charge is 0.346 e. The highest BCUT2D eigenvalue weighted by Gasteiger charge is 2.34. The normalized spacial score (nSPS) is 11.6. The van der Waals surface area contributed by atoms with Crippen LogP contribution >= 0.6 is 12.2 Å². The fourth-order valence-electron chi connectivity index (χ4n) is 1.82. The van der Waals surface area contributed by atoms with E-state index in [2.05, 4.69) is 4.98 Å². The van der Waals surface area contributed by atoms with E-state index in [0.29, 0.717) is 11.3 Å². The first kappa shape index (κ1) is 13.8. The molecule has 100 valence electrons. The molecule has 0 spiro atoms. The Morgan fingerprint density at radius 1 is 1.16 bits per heavy atom. The van der Waals surface area contributed by atoms with Crippen LogP contribution in [0.3, 0.4) is 0 Å². The lowest BCUT2D eigenvalue weighted by Gasteiger charge is -2.14. The molecule has 1 aromatic heterocycles. The van der Waals surface area contributed by atoms with E-state index in [1.165, 1.54) is 0 Å². The van der Waals surface area contributed by atoms with E-state index in [1.54, 1.807) is 30.3 Å². The fourth-order valence-corrected chi connectivity index (χ4v) is 2.12. The van der Waals surface area contributed by atoms with Crippen molar-refractivity contribution in [1.29, 1.82) is 0 Å². The first-order valence-electron chi connectivity index (χ1n) is 5.52. The third kappa shape index (κ3) is 2.85. The number of hydrogen-bond donors (Lipinski definition) is 2. The predicted octanol–water partition coefficient (Wildman–Crippen LogP) is 3.89. The zero-order valence-electron chi connectivity index (χ0n) is 9.79. The van der Waals surface area contributed by atoms with Crippen LogP contribution in [0.25, 0.3) is 11.3 Å². The molecule has 1 heterocycles. The van der Waals surface area contributed by atoms with Crippen LogP contribution in [-0.4, -0.2) is 4.98 Å². The number of aromatic amines is 1. The first-order chi connectivity index (χ1) is 8.93. The molecule has 0 unspecified atom stereocenters. The van der Waals surface area contributed by atoms with Gasteiger partial charge < -0.3 is 10.7 Å². The standard InChI is InChI=1S/C13H11F3N2S/c14-13(15,16)10-6-11(8-4-2-1-3-5-8)18-12(19)9(10)7-17/h1-6H,7,17H2,(H,18,19). The van der Waals surface area contributed by atoms with Crippen LogP contribution in [0.4, 0.5) is 13.2 Å². The van der Waals surface area contributed by atoms with E-state index in [4.69, 9.17) is 18.0 Å². The van der Waals surface area contributed by atoms with Crippen molar-refractivity contribution in [1.82, 2.24) is 4.98 Å². The van der Waals surface area contributed by atoms with Gasteiger partial charge in [-0.05, 0) is 11.6 Å². The molecule has 0 bridgehead atoms. The highest BCUT2D eigenvalue weighted by molar-refractivity contribution is 7.71. The van der Waals surface area contributed by atoms with Gasteiger partial charge >= 0.3 is 6.18 Å². The molecule has 0 saturated carbocycles. The molecule has 19 heavy (non-hydrogen) atoms. The molecule has 0 fully saturated rings. The minimum atomic E-state index is -4.47. The molecule has 0 atom stereocenters. The maximum atomic E-state index is 13.0. The Bertz CT molecular complexity index is 633. The van der Waals surface area contributed by atoms with Crippen LogP contribution in [-0.2, 0) is 12.7 Å². The largest absolute Gasteiger partial charge is 0.416 e. The number of aromatic nitrogens is 1. The summed E-state index contributed by atoms with van der Waals surface area (Å²) in [5.74, 6) is 0. The lowest BCUT2D eigenvalue weighted by molar-refractivity contribution is -0.138. The second-order valence-electron chi connectivity index (χ2n) is 3.97. The van der Waals surface area contributed by atoms with Gasteiger partial charge in [-0.15, -0.1) is 0 Å². The van der Waals surface area contributed by atoms with Gasteiger partial charge in [-0.25, -0.2) is 0 Å². The zero-order chi connectivity index (χ0) is 14.0. The van der Waals surface area contributed by atoms with Gasteiger partial charge in [0.15, 0.2) is 0 Å². The summed E-state index contributed by atoms with van der Waals surface area (Å²) in [6.45, 7) is -0.251. The third-order valence-corrected chi connectivity index (χ3v) is 3.08. The molecule has 6 heteroatoms. The lowest BCUT2D eigenvalue weighted by Crippen LogP contribution is -2.13. The molecule has 2 nitrogen and oxygen atoms in total. The summed E-state index contributed by atoms with van der Waals surface area (Å²) in [6, 6.07) is 9.75. The highest BCUT2D eigenvalue weighted by atomic mass is 32.1. The molecule has 0 saturated heterocycles. The van der Waals surface area contributed by atoms with Crippen molar-refractivity contribution in [2.75, 3.05) is 0 Å². The number of pyridine rings is 1. The quantitative estimate of drug-likeness (QED) is 0.821. The van der Waals surface area contributed by atoms with E-state index < -0.39 is 11.7 Å². The second kappa shape index (κ2) is 5.14. The van der Waals surface area contributed by atoms with Crippen LogP contribution in [0.2, 0.25) is 0 Å². The monoisotopic (exact) mass is 284 g/mol. The summed E-state index contributed by atoms with van der Waals surface area (Å²) >= 11 is 4.96. The van der Waals surface area contributed by atoms with Crippen molar-refractivity contribution in [3.63, 3.8) is 0 Å². The molecule has 2 rings (SSSR count). The molecule has 2 aromatic rings. The fraction of sp³-hybridized carbons (Fsp3) is 0.154. The maximum Gasteiger partial charge on any atom is 0.416 e. The molecule has 0 aliphatic heterocycles. The van der Waals surface area contributed by atoms with Gasteiger partial charge in [0.05, 0.1) is 5.56 Å². The van der Waals surface area contributed by atoms with Crippen LogP contribution in [0, 0.1) is 4.64 Å². The van der Waals surface area contributed by atoms with Crippen molar-refractivity contribution in [3.05, 3.63) is 52.2 Å². The Kier molecular flexibility index (Phi) is 3.73. The average molecular weight is 284 g/mol. The van der Waals surface area contributed by atoms with Crippen molar-refractivity contribution in [2.24, 2.45) is 5.73 Å². The van der Waals surface area contributed by atoms with Gasteiger partial charge in [0.25, 0.3) is 0 Å². The number of rotatable bonds is 2. The topological polar surface area (TPSA) is 41.8 Å². The SMILES string of the molecule is NCc1c(C(F)(F)F)cc(-c2ccccc2)[nH]c1=S. The van der Waals surface area contributed by atoms with Gasteiger partial charge in [0.1, 0.15) is 4.64 Å². The minimum Gasteiger partial charge on any atom is -0.346 e. The van der Waals surface area contributed by atoms with Crippen LogP contribution in [0.5, 0.6) is 0 Å². The summed E-state index contributed by atoms with van der Waals surface area (Å²) in [7, 11) is 0. The van der Waals surface area contributed by atoms with E-state index in [-0.39, 0.29) is 16.7 Å². The molecular weight excluding hydrogens is 273 g/mol. The number of H-pyrrole nitrogens is 1. The van der Waals surface area contributed by atoms with Crippen LogP contribution < -0.4 is 5.73 Å². The Morgan fingerprint density at radius 3 is 2.32 bits per heavy atom. The number of hydrogen-bond acceptors (Lipinski definition) is 2. The van der Waals surface area contributed by atoms with Gasteiger partial charge in [-0.3, -0.25) is 0 Å². The van der Waals surface area contributed by atoms with E-state index in [1.807, 2.05) is 0 Å². The number of benzene rings is 1. The number of nitrogens with two attached hydrogens (primary N) is 1. The Balaban J connectivity index is 2.68. The Labute approximate surface area is 113 Å².